The summed E-state index contributed by atoms with van der Waals surface area (Å²) < 4.78 is 65.6. The summed E-state index contributed by atoms with van der Waals surface area (Å²) in [5.41, 5.74) is 0.992. The number of ether oxygens (including phenoxy) is 2. The number of anilines is 1. The van der Waals surface area contributed by atoms with Crippen molar-refractivity contribution >= 4 is 29.4 Å². The van der Waals surface area contributed by atoms with Crippen molar-refractivity contribution < 1.29 is 51.3 Å². The van der Waals surface area contributed by atoms with Gasteiger partial charge in [-0.25, -0.2) is 8.78 Å². The Morgan fingerprint density at radius 1 is 1.00 bits per heavy atom. The van der Waals surface area contributed by atoms with Crippen molar-refractivity contribution in [3.63, 3.8) is 0 Å². The number of nitrogens with one attached hydrogen (secondary N) is 2. The zero-order valence-electron chi connectivity index (χ0n) is 27.7. The molecule has 2 aromatic rings. The third kappa shape index (κ3) is 10.4. The van der Waals surface area contributed by atoms with Crippen LogP contribution < -0.4 is 15.4 Å². The van der Waals surface area contributed by atoms with Crippen LogP contribution in [0.1, 0.15) is 65.9 Å². The van der Waals surface area contributed by atoms with Gasteiger partial charge in [-0.15, -0.1) is 0 Å². The molecule has 2 aromatic carbocycles. The van der Waals surface area contributed by atoms with E-state index in [0.29, 0.717) is 24.9 Å². The van der Waals surface area contributed by atoms with Crippen LogP contribution in [-0.2, 0) is 29.3 Å². The number of para-hydroxylation sites is 1. The molecule has 1 heterocycles. The highest BCUT2D eigenvalue weighted by Gasteiger charge is 2.34. The fourth-order valence-electron chi connectivity index (χ4n) is 5.15. The summed E-state index contributed by atoms with van der Waals surface area (Å²) in [6, 6.07) is 5.68. The quantitative estimate of drug-likeness (QED) is 0.136. The molecule has 14 heteroatoms. The second-order valence-electron chi connectivity index (χ2n) is 13.3. The number of carbonyl (C=O) groups is 4. The summed E-state index contributed by atoms with van der Waals surface area (Å²) in [4.78, 5) is 53.6. The van der Waals surface area contributed by atoms with Crippen molar-refractivity contribution in [1.29, 1.82) is 0 Å². The van der Waals surface area contributed by atoms with Gasteiger partial charge in [0.2, 0.25) is 17.5 Å². The number of hydrogen-bond acceptors (Lipinski definition) is 7. The molecule has 3 amide bonds. The Balaban J connectivity index is 1.74. The van der Waals surface area contributed by atoms with Crippen LogP contribution in [0, 0.1) is 35.1 Å². The number of halogens is 4. The van der Waals surface area contributed by atoms with Gasteiger partial charge in [0.25, 0.3) is 0 Å². The second-order valence-corrected chi connectivity index (χ2v) is 13.3. The van der Waals surface area contributed by atoms with Crippen molar-refractivity contribution in [1.82, 2.24) is 10.2 Å². The number of aliphatic hydroxyl groups excluding tert-OH is 1. The Morgan fingerprint density at radius 3 is 2.27 bits per heavy atom. The zero-order valence-corrected chi connectivity index (χ0v) is 27.7. The maximum atomic E-state index is 14.1. The standard InChI is InChI=1S/C34H43F4N3O7/c1-19(2)17-47-27(43)15-25(26(42)18-48-30-28(37)22(35)14-23(36)29(30)38)40-31(44)20-10-8-9-13-41(16-20)33(46)32(45)39-24-12-7-6-11-21(24)34(3,4)5/h6-7,11-12,14,19-20,25-26,42H,8-10,13,15-18H2,1-5H3,(H,39,45)(H,40,44)/t20?,25-,26?/m0/s1. The summed E-state index contributed by atoms with van der Waals surface area (Å²) in [6.45, 7) is 8.62. The van der Waals surface area contributed by atoms with Crippen LogP contribution >= 0.6 is 0 Å². The third-order valence-corrected chi connectivity index (χ3v) is 7.73. The molecule has 264 valence electrons. The van der Waals surface area contributed by atoms with Gasteiger partial charge in [0.1, 0.15) is 12.7 Å². The minimum Gasteiger partial charge on any atom is -0.485 e. The molecule has 0 bridgehead atoms. The first kappa shape index (κ1) is 38.2. The molecule has 3 atom stereocenters. The van der Waals surface area contributed by atoms with Crippen molar-refractivity contribution in [2.24, 2.45) is 11.8 Å². The Hall–Kier alpha value is -4.20. The number of likely N-dealkylation sites (tertiary alicyclic amines) is 1. The first-order valence-electron chi connectivity index (χ1n) is 15.8. The molecule has 48 heavy (non-hydrogen) atoms. The maximum absolute atomic E-state index is 14.1. The molecule has 1 fully saturated rings. The highest BCUT2D eigenvalue weighted by atomic mass is 19.2. The predicted molar refractivity (Wildman–Crippen MR) is 168 cm³/mol. The van der Waals surface area contributed by atoms with Crippen LogP contribution in [0.3, 0.4) is 0 Å². The Kier molecular flexibility index (Phi) is 13.4. The molecule has 1 aliphatic heterocycles. The SMILES string of the molecule is CC(C)COC(=O)C[C@H](NC(=O)C1CCCCN(C(=O)C(=O)Nc2ccccc2C(C)(C)C)C1)C(O)COc1c(F)c(F)cc(F)c1F. The highest BCUT2D eigenvalue weighted by molar-refractivity contribution is 6.39. The molecule has 1 saturated heterocycles. The summed E-state index contributed by atoms with van der Waals surface area (Å²) in [5.74, 6) is -12.6. The van der Waals surface area contributed by atoms with E-state index in [4.69, 9.17) is 9.47 Å². The fourth-order valence-corrected chi connectivity index (χ4v) is 5.15. The van der Waals surface area contributed by atoms with Crippen LogP contribution in [-0.4, -0.2) is 72.1 Å². The predicted octanol–water partition coefficient (Wildman–Crippen LogP) is 4.62. The molecule has 10 nitrogen and oxygen atoms in total. The lowest BCUT2D eigenvalue weighted by atomic mass is 9.86. The molecule has 3 N–H and O–H groups in total. The number of esters is 1. The summed E-state index contributed by atoms with van der Waals surface area (Å²) in [6.07, 6.45) is -1.06. The average molecular weight is 682 g/mol. The monoisotopic (exact) mass is 681 g/mol. The number of benzene rings is 2. The Morgan fingerprint density at radius 2 is 1.65 bits per heavy atom. The van der Waals surface area contributed by atoms with Crippen molar-refractivity contribution in [3.05, 3.63) is 59.2 Å². The molecule has 0 aromatic heterocycles. The lowest BCUT2D eigenvalue weighted by Crippen LogP contribution is -2.51. The summed E-state index contributed by atoms with van der Waals surface area (Å²) in [7, 11) is 0. The fraction of sp³-hybridized carbons (Fsp3) is 0.529. The van der Waals surface area contributed by atoms with E-state index in [1.165, 1.54) is 4.90 Å². The van der Waals surface area contributed by atoms with Crippen molar-refractivity contribution in [3.8, 4) is 5.75 Å². The normalized spacial score (nSPS) is 16.5. The lowest BCUT2D eigenvalue weighted by Gasteiger charge is -2.28. The number of nitrogens with zero attached hydrogens (tertiary/aromatic N) is 1. The van der Waals surface area contributed by atoms with E-state index < -0.39 is 83.8 Å². The summed E-state index contributed by atoms with van der Waals surface area (Å²) in [5, 5.41) is 16.1. The topological polar surface area (TPSA) is 134 Å². The average Bonchev–Trinajstić information content (AvgIpc) is 3.28. The van der Waals surface area contributed by atoms with Crippen molar-refractivity contribution in [2.45, 2.75) is 77.9 Å². The van der Waals surface area contributed by atoms with E-state index in [2.05, 4.69) is 10.6 Å². The van der Waals surface area contributed by atoms with Gasteiger partial charge in [0.05, 0.1) is 25.0 Å². The van der Waals surface area contributed by atoms with E-state index in [0.717, 1.165) is 5.56 Å². The van der Waals surface area contributed by atoms with E-state index >= 15 is 0 Å². The Bertz CT molecular complexity index is 1460. The zero-order chi connectivity index (χ0) is 35.8. The van der Waals surface area contributed by atoms with Gasteiger partial charge in [-0.1, -0.05) is 59.2 Å². The largest absolute Gasteiger partial charge is 0.485 e. The first-order chi connectivity index (χ1) is 22.5. The van der Waals surface area contributed by atoms with Crippen LogP contribution in [0.25, 0.3) is 0 Å². The van der Waals surface area contributed by atoms with Gasteiger partial charge >= 0.3 is 17.8 Å². The number of hydrogen-bond donors (Lipinski definition) is 3. The molecule has 1 aliphatic rings. The van der Waals surface area contributed by atoms with Gasteiger partial charge in [-0.05, 0) is 35.8 Å². The van der Waals surface area contributed by atoms with Gasteiger partial charge in [0.15, 0.2) is 17.4 Å². The maximum Gasteiger partial charge on any atom is 0.313 e. The van der Waals surface area contributed by atoms with Gasteiger partial charge in [-0.3, -0.25) is 19.2 Å². The number of rotatable bonds is 11. The van der Waals surface area contributed by atoms with Gasteiger partial charge in [0, 0.05) is 24.8 Å². The highest BCUT2D eigenvalue weighted by Crippen LogP contribution is 2.30. The molecule has 0 saturated carbocycles. The van der Waals surface area contributed by atoms with Crippen LogP contribution in [0.2, 0.25) is 0 Å². The van der Waals surface area contributed by atoms with Gasteiger partial charge < -0.3 is 30.1 Å². The third-order valence-electron chi connectivity index (χ3n) is 7.73. The smallest absolute Gasteiger partial charge is 0.313 e. The minimum atomic E-state index is -1.83. The summed E-state index contributed by atoms with van der Waals surface area (Å²) >= 11 is 0. The number of amides is 3. The van der Waals surface area contributed by atoms with Crippen LogP contribution in [0.4, 0.5) is 23.2 Å². The Labute approximate surface area is 277 Å². The number of carbonyl (C=O) groups excluding carboxylic acids is 4. The van der Waals surface area contributed by atoms with E-state index in [1.54, 1.807) is 26.0 Å². The van der Waals surface area contributed by atoms with E-state index in [9.17, 15) is 41.8 Å². The van der Waals surface area contributed by atoms with E-state index in [-0.39, 0.29) is 37.1 Å². The molecule has 0 aliphatic carbocycles. The molecular formula is C34H43F4N3O7. The lowest BCUT2D eigenvalue weighted by molar-refractivity contribution is -0.146. The number of aliphatic hydroxyl groups is 1. The molecule has 2 unspecified atom stereocenters. The van der Waals surface area contributed by atoms with Gasteiger partial charge in [-0.2, -0.15) is 8.78 Å². The minimum absolute atomic E-state index is 0.00306. The molecule has 0 radical (unpaired) electrons. The van der Waals surface area contributed by atoms with Crippen molar-refractivity contribution in [2.75, 3.05) is 31.6 Å². The van der Waals surface area contributed by atoms with E-state index in [1.807, 2.05) is 32.9 Å². The second kappa shape index (κ2) is 16.8. The molecule has 3 rings (SSSR count). The first-order valence-corrected chi connectivity index (χ1v) is 15.8. The molecular weight excluding hydrogens is 638 g/mol. The van der Waals surface area contributed by atoms with Crippen LogP contribution in [0.15, 0.2) is 30.3 Å². The molecule has 0 spiro atoms. The van der Waals surface area contributed by atoms with Crippen LogP contribution in [0.5, 0.6) is 5.75 Å².